The van der Waals surface area contributed by atoms with E-state index in [1.54, 1.807) is 0 Å². The quantitative estimate of drug-likeness (QED) is 0.0982. The zero-order valence-electron chi connectivity index (χ0n) is 18.0. The van der Waals surface area contributed by atoms with Crippen molar-refractivity contribution in [2.75, 3.05) is 19.8 Å². The maximum atomic E-state index is 12.1. The normalized spacial score (nSPS) is 29.2. The molecule has 1 heterocycles. The van der Waals surface area contributed by atoms with Crippen LogP contribution in [0.3, 0.4) is 0 Å². The van der Waals surface area contributed by atoms with Crippen molar-refractivity contribution >= 4 is 11.9 Å². The SMILES string of the molecule is O=C(O)CCCCCCNC(=O)C(O)[C@@H](O)[C@H](O[C@@H]1OC(CO)[C@@H](O)[C@H](O)C1O)C(O)CO. The molecule has 0 aliphatic carbocycles. The molecule has 1 rings (SSSR count). The highest BCUT2D eigenvalue weighted by Crippen LogP contribution is 2.25. The van der Waals surface area contributed by atoms with E-state index < -0.39 is 80.2 Å². The number of carboxylic acids is 1. The number of carbonyl (C=O) groups is 2. The van der Waals surface area contributed by atoms with Crippen molar-refractivity contribution in [2.45, 2.75) is 87.2 Å². The first kappa shape index (κ1) is 29.6. The van der Waals surface area contributed by atoms with Gasteiger partial charge in [0.15, 0.2) is 12.4 Å². The van der Waals surface area contributed by atoms with Gasteiger partial charge in [-0.3, -0.25) is 9.59 Å². The van der Waals surface area contributed by atoms with Crippen LogP contribution in [0.2, 0.25) is 0 Å². The molecule has 33 heavy (non-hydrogen) atoms. The number of hydrogen-bond donors (Lipinski definition) is 10. The monoisotopic (exact) mass is 485 g/mol. The molecule has 1 aliphatic rings. The van der Waals surface area contributed by atoms with Crippen molar-refractivity contribution < 1.29 is 65.0 Å². The number of ether oxygens (including phenoxy) is 2. The zero-order valence-corrected chi connectivity index (χ0v) is 18.0. The van der Waals surface area contributed by atoms with Crippen LogP contribution in [0, 0.1) is 0 Å². The van der Waals surface area contributed by atoms with Crippen LogP contribution in [0.4, 0.5) is 0 Å². The molecule has 10 N–H and O–H groups in total. The number of aliphatic carboxylic acids is 1. The average molecular weight is 485 g/mol. The Labute approximate surface area is 190 Å². The van der Waals surface area contributed by atoms with Gasteiger partial charge in [0.2, 0.25) is 0 Å². The highest BCUT2D eigenvalue weighted by atomic mass is 16.7. The molecule has 0 spiro atoms. The van der Waals surface area contributed by atoms with E-state index in [0.717, 1.165) is 0 Å². The number of aliphatic hydroxyl groups excluding tert-OH is 8. The Morgan fingerprint density at radius 1 is 0.939 bits per heavy atom. The maximum absolute atomic E-state index is 12.1. The Morgan fingerprint density at radius 3 is 2.15 bits per heavy atom. The Hall–Kier alpha value is -1.46. The predicted octanol–water partition coefficient (Wildman–Crippen LogP) is -4.60. The number of aliphatic hydroxyl groups is 8. The van der Waals surface area contributed by atoms with Gasteiger partial charge in [0.1, 0.15) is 42.7 Å². The molecule has 14 nitrogen and oxygen atoms in total. The minimum atomic E-state index is -2.12. The number of carbonyl (C=O) groups excluding carboxylic acids is 1. The first-order valence-corrected chi connectivity index (χ1v) is 10.7. The van der Waals surface area contributed by atoms with Gasteiger partial charge in [-0.25, -0.2) is 0 Å². The largest absolute Gasteiger partial charge is 0.481 e. The van der Waals surface area contributed by atoms with Gasteiger partial charge < -0.3 is 60.7 Å². The highest BCUT2D eigenvalue weighted by molar-refractivity contribution is 5.81. The summed E-state index contributed by atoms with van der Waals surface area (Å²) in [5.74, 6) is -1.91. The first-order chi connectivity index (χ1) is 15.5. The maximum Gasteiger partial charge on any atom is 0.303 e. The molecular weight excluding hydrogens is 450 g/mol. The summed E-state index contributed by atoms with van der Waals surface area (Å²) in [6, 6.07) is 0. The highest BCUT2D eigenvalue weighted by Gasteiger charge is 2.47. The third kappa shape index (κ3) is 9.01. The fraction of sp³-hybridized carbons (Fsp3) is 0.895. The second-order valence-corrected chi connectivity index (χ2v) is 7.83. The molecule has 0 aromatic carbocycles. The average Bonchev–Trinajstić information content (AvgIpc) is 2.79. The van der Waals surface area contributed by atoms with Crippen LogP contribution in [-0.4, -0.2) is 133 Å². The predicted molar refractivity (Wildman–Crippen MR) is 107 cm³/mol. The Kier molecular flexibility index (Phi) is 13.2. The molecule has 194 valence electrons. The van der Waals surface area contributed by atoms with Crippen LogP contribution in [-0.2, 0) is 19.1 Å². The van der Waals surface area contributed by atoms with Gasteiger partial charge in [0.05, 0.1) is 13.2 Å². The molecule has 0 radical (unpaired) electrons. The number of hydrogen-bond acceptors (Lipinski definition) is 12. The molecule has 14 heteroatoms. The summed E-state index contributed by atoms with van der Waals surface area (Å²) in [5, 5.41) is 89.6. The van der Waals surface area contributed by atoms with E-state index in [-0.39, 0.29) is 13.0 Å². The van der Waals surface area contributed by atoms with Gasteiger partial charge in [-0.05, 0) is 12.8 Å². The Balaban J connectivity index is 2.66. The number of rotatable bonds is 15. The number of amides is 1. The zero-order chi connectivity index (χ0) is 25.1. The molecule has 1 amide bonds. The van der Waals surface area contributed by atoms with Crippen molar-refractivity contribution in [2.24, 2.45) is 0 Å². The van der Waals surface area contributed by atoms with Crippen LogP contribution in [0.1, 0.15) is 32.1 Å². The van der Waals surface area contributed by atoms with E-state index in [4.69, 9.17) is 14.6 Å². The molecule has 1 aliphatic heterocycles. The third-order valence-electron chi connectivity index (χ3n) is 5.25. The van der Waals surface area contributed by atoms with Crippen LogP contribution < -0.4 is 5.32 Å². The smallest absolute Gasteiger partial charge is 0.303 e. The molecule has 1 saturated heterocycles. The summed E-state index contributed by atoms with van der Waals surface area (Å²) in [6.07, 6.45) is -14.2. The Bertz CT molecular complexity index is 592. The molecule has 1 fully saturated rings. The molecule has 0 saturated carbocycles. The van der Waals surface area contributed by atoms with E-state index in [9.17, 15) is 50.4 Å². The summed E-state index contributed by atoms with van der Waals surface area (Å²) in [4.78, 5) is 22.6. The number of carboxylic acid groups (broad SMARTS) is 1. The molecular formula is C19H35NO13. The van der Waals surface area contributed by atoms with Gasteiger partial charge in [0, 0.05) is 13.0 Å². The van der Waals surface area contributed by atoms with Crippen molar-refractivity contribution in [3.05, 3.63) is 0 Å². The lowest BCUT2D eigenvalue weighted by Crippen LogP contribution is -2.62. The lowest BCUT2D eigenvalue weighted by atomic mass is 9.98. The number of unbranched alkanes of at least 4 members (excludes halogenated alkanes) is 3. The standard InChI is InChI=1S/C19H35NO13/c21-7-9(23)17(33-19-16(30)13(27)12(26)10(8-22)32-19)14(28)15(29)18(31)20-6-4-2-1-3-5-11(24)25/h9-10,12-17,19,21-23,26-30H,1-8H2,(H,20,31)(H,24,25)/t9?,10?,12-,13+,14-,15?,16?,17-,19+/m1/s1. The second-order valence-electron chi connectivity index (χ2n) is 7.83. The summed E-state index contributed by atoms with van der Waals surface area (Å²) in [6.45, 7) is -1.61. The third-order valence-corrected chi connectivity index (χ3v) is 5.25. The summed E-state index contributed by atoms with van der Waals surface area (Å²) in [7, 11) is 0. The molecule has 4 unspecified atom stereocenters. The van der Waals surface area contributed by atoms with Gasteiger partial charge >= 0.3 is 5.97 Å². The lowest BCUT2D eigenvalue weighted by Gasteiger charge is -2.42. The minimum Gasteiger partial charge on any atom is -0.481 e. The van der Waals surface area contributed by atoms with E-state index in [1.807, 2.05) is 0 Å². The van der Waals surface area contributed by atoms with Gasteiger partial charge in [-0.2, -0.15) is 0 Å². The second kappa shape index (κ2) is 14.7. The fourth-order valence-electron chi connectivity index (χ4n) is 3.24. The molecule has 0 bridgehead atoms. The van der Waals surface area contributed by atoms with E-state index in [1.165, 1.54) is 0 Å². The molecule has 0 aromatic heterocycles. The van der Waals surface area contributed by atoms with Gasteiger partial charge in [-0.1, -0.05) is 12.8 Å². The number of nitrogens with one attached hydrogen (secondary N) is 1. The van der Waals surface area contributed by atoms with Gasteiger partial charge in [-0.15, -0.1) is 0 Å². The summed E-state index contributed by atoms with van der Waals surface area (Å²) >= 11 is 0. The topological polar surface area (TPSA) is 247 Å². The van der Waals surface area contributed by atoms with Crippen LogP contribution in [0.15, 0.2) is 0 Å². The van der Waals surface area contributed by atoms with Crippen molar-refractivity contribution in [1.29, 1.82) is 0 Å². The van der Waals surface area contributed by atoms with Crippen molar-refractivity contribution in [3.8, 4) is 0 Å². The summed E-state index contributed by atoms with van der Waals surface area (Å²) < 4.78 is 10.3. The molecule has 0 aromatic rings. The van der Waals surface area contributed by atoms with Gasteiger partial charge in [0.25, 0.3) is 5.91 Å². The minimum absolute atomic E-state index is 0.0419. The fourth-order valence-corrected chi connectivity index (χ4v) is 3.24. The van der Waals surface area contributed by atoms with Crippen molar-refractivity contribution in [1.82, 2.24) is 5.32 Å². The Morgan fingerprint density at radius 2 is 1.58 bits per heavy atom. The molecule has 9 atom stereocenters. The first-order valence-electron chi connectivity index (χ1n) is 10.7. The van der Waals surface area contributed by atoms with Crippen LogP contribution in [0.25, 0.3) is 0 Å². The van der Waals surface area contributed by atoms with Crippen molar-refractivity contribution in [3.63, 3.8) is 0 Å². The summed E-state index contributed by atoms with van der Waals surface area (Å²) in [5.41, 5.74) is 0. The van der Waals surface area contributed by atoms with E-state index >= 15 is 0 Å². The van der Waals surface area contributed by atoms with Crippen LogP contribution in [0.5, 0.6) is 0 Å². The van der Waals surface area contributed by atoms with E-state index in [0.29, 0.717) is 25.7 Å². The lowest BCUT2D eigenvalue weighted by molar-refractivity contribution is -0.326. The van der Waals surface area contributed by atoms with E-state index in [2.05, 4.69) is 5.32 Å². The van der Waals surface area contributed by atoms with Crippen LogP contribution >= 0.6 is 0 Å².